The zero-order valence-electron chi connectivity index (χ0n) is 10.9. The van der Waals surface area contributed by atoms with Crippen molar-refractivity contribution in [1.82, 2.24) is 9.97 Å². The number of carbonyl (C=O) groups is 1. The molecular formula is C16H12N2O2. The van der Waals surface area contributed by atoms with E-state index in [4.69, 9.17) is 0 Å². The number of Topliss-reactive ketones (excluding diaryl/α,β-unsaturated/α-hetero) is 1. The molecule has 0 fully saturated rings. The second-order valence-corrected chi connectivity index (χ2v) is 4.57. The van der Waals surface area contributed by atoms with Crippen molar-refractivity contribution in [3.05, 3.63) is 64.4 Å². The fraction of sp³-hybridized carbons (Fsp3) is 0.0625. The molecular weight excluding hydrogens is 252 g/mol. The van der Waals surface area contributed by atoms with Crippen molar-refractivity contribution in [3.63, 3.8) is 0 Å². The number of nitrogens with zero attached hydrogens (tertiary/aromatic N) is 1. The summed E-state index contributed by atoms with van der Waals surface area (Å²) in [4.78, 5) is 30.7. The Morgan fingerprint density at radius 3 is 2.55 bits per heavy atom. The third-order valence-corrected chi connectivity index (χ3v) is 3.16. The van der Waals surface area contributed by atoms with E-state index in [0.717, 1.165) is 5.56 Å². The Hall–Kier alpha value is -2.75. The van der Waals surface area contributed by atoms with Crippen LogP contribution in [0.1, 0.15) is 17.3 Å². The van der Waals surface area contributed by atoms with Crippen molar-refractivity contribution < 1.29 is 4.79 Å². The van der Waals surface area contributed by atoms with Gasteiger partial charge in [0.2, 0.25) is 0 Å². The zero-order valence-corrected chi connectivity index (χ0v) is 10.9. The lowest BCUT2D eigenvalue weighted by Crippen LogP contribution is -2.10. The number of hydrogen-bond donors (Lipinski definition) is 1. The van der Waals surface area contributed by atoms with Gasteiger partial charge >= 0.3 is 0 Å². The van der Waals surface area contributed by atoms with Gasteiger partial charge in [0.05, 0.1) is 10.9 Å². The number of H-pyrrole nitrogens is 1. The van der Waals surface area contributed by atoms with E-state index >= 15 is 0 Å². The van der Waals surface area contributed by atoms with Gasteiger partial charge in [-0.15, -0.1) is 0 Å². The first-order chi connectivity index (χ1) is 9.65. The van der Waals surface area contributed by atoms with Crippen molar-refractivity contribution in [1.29, 1.82) is 0 Å². The molecule has 0 aliphatic rings. The zero-order chi connectivity index (χ0) is 14.1. The summed E-state index contributed by atoms with van der Waals surface area (Å²) in [6.45, 7) is 1.47. The maximum Gasteiger partial charge on any atom is 0.259 e. The molecule has 0 aliphatic heterocycles. The van der Waals surface area contributed by atoms with Gasteiger partial charge < -0.3 is 4.98 Å². The van der Waals surface area contributed by atoms with E-state index in [0.29, 0.717) is 22.3 Å². The molecule has 98 valence electrons. The van der Waals surface area contributed by atoms with Crippen LogP contribution in [0.25, 0.3) is 22.3 Å². The van der Waals surface area contributed by atoms with Crippen molar-refractivity contribution >= 4 is 16.7 Å². The SMILES string of the molecule is CC(=O)c1ccc2nc(-c3ccccc3)[nH]c(=O)c2c1. The van der Waals surface area contributed by atoms with E-state index in [1.54, 1.807) is 18.2 Å². The lowest BCUT2D eigenvalue weighted by molar-refractivity contribution is 0.101. The van der Waals surface area contributed by atoms with Gasteiger partial charge in [-0.3, -0.25) is 9.59 Å². The maximum atomic E-state index is 12.1. The van der Waals surface area contributed by atoms with E-state index in [1.165, 1.54) is 6.92 Å². The minimum Gasteiger partial charge on any atom is -0.306 e. The van der Waals surface area contributed by atoms with Crippen LogP contribution in [0.4, 0.5) is 0 Å². The van der Waals surface area contributed by atoms with Gasteiger partial charge in [0.1, 0.15) is 5.82 Å². The highest BCUT2D eigenvalue weighted by Crippen LogP contribution is 2.16. The van der Waals surface area contributed by atoms with Crippen molar-refractivity contribution in [2.75, 3.05) is 0 Å². The largest absolute Gasteiger partial charge is 0.306 e. The van der Waals surface area contributed by atoms with Crippen LogP contribution in [0.15, 0.2) is 53.3 Å². The van der Waals surface area contributed by atoms with Gasteiger partial charge in [-0.05, 0) is 25.1 Å². The third kappa shape index (κ3) is 2.12. The Bertz CT molecular complexity index is 851. The Labute approximate surface area is 115 Å². The second-order valence-electron chi connectivity index (χ2n) is 4.57. The predicted octanol–water partition coefficient (Wildman–Crippen LogP) is 2.79. The summed E-state index contributed by atoms with van der Waals surface area (Å²) in [7, 11) is 0. The van der Waals surface area contributed by atoms with E-state index < -0.39 is 0 Å². The molecule has 0 saturated heterocycles. The molecule has 2 aromatic carbocycles. The Morgan fingerprint density at radius 2 is 1.85 bits per heavy atom. The summed E-state index contributed by atoms with van der Waals surface area (Å²) >= 11 is 0. The van der Waals surface area contributed by atoms with Gasteiger partial charge in [0, 0.05) is 11.1 Å². The van der Waals surface area contributed by atoms with Crippen LogP contribution < -0.4 is 5.56 Å². The Morgan fingerprint density at radius 1 is 1.10 bits per heavy atom. The molecule has 0 amide bonds. The minimum absolute atomic E-state index is 0.0709. The number of fused-ring (bicyclic) bond motifs is 1. The number of benzene rings is 2. The molecule has 4 nitrogen and oxygen atoms in total. The minimum atomic E-state index is -0.239. The quantitative estimate of drug-likeness (QED) is 0.724. The molecule has 0 unspecified atom stereocenters. The van der Waals surface area contributed by atoms with E-state index in [-0.39, 0.29) is 11.3 Å². The Kier molecular flexibility index (Phi) is 2.91. The van der Waals surface area contributed by atoms with Crippen LogP contribution in [-0.2, 0) is 0 Å². The van der Waals surface area contributed by atoms with Crippen LogP contribution in [0, 0.1) is 0 Å². The van der Waals surface area contributed by atoms with E-state index in [1.807, 2.05) is 30.3 Å². The van der Waals surface area contributed by atoms with Crippen LogP contribution in [-0.4, -0.2) is 15.8 Å². The average molecular weight is 264 g/mol. The Balaban J connectivity index is 2.24. The van der Waals surface area contributed by atoms with Gasteiger partial charge in [-0.25, -0.2) is 4.98 Å². The normalized spacial score (nSPS) is 10.7. The standard InChI is InChI=1S/C16H12N2O2/c1-10(19)12-7-8-14-13(9-12)16(20)18-15(17-14)11-5-3-2-4-6-11/h2-9H,1H3,(H,17,18,20). The molecule has 1 heterocycles. The second kappa shape index (κ2) is 4.74. The first kappa shape index (κ1) is 12.3. The summed E-state index contributed by atoms with van der Waals surface area (Å²) in [6, 6.07) is 14.4. The number of rotatable bonds is 2. The summed E-state index contributed by atoms with van der Waals surface area (Å²) in [5.74, 6) is 0.456. The van der Waals surface area contributed by atoms with Crippen molar-refractivity contribution in [2.24, 2.45) is 0 Å². The molecule has 0 spiro atoms. The lowest BCUT2D eigenvalue weighted by Gasteiger charge is -2.04. The van der Waals surface area contributed by atoms with Crippen molar-refractivity contribution in [2.45, 2.75) is 6.92 Å². The summed E-state index contributed by atoms with van der Waals surface area (Å²) in [6.07, 6.45) is 0. The van der Waals surface area contributed by atoms with Crippen LogP contribution in [0.3, 0.4) is 0 Å². The molecule has 20 heavy (non-hydrogen) atoms. The highest BCUT2D eigenvalue weighted by Gasteiger charge is 2.08. The number of hydrogen-bond acceptors (Lipinski definition) is 3. The van der Waals surface area contributed by atoms with Gasteiger partial charge in [0.15, 0.2) is 5.78 Å². The first-order valence-electron chi connectivity index (χ1n) is 6.25. The van der Waals surface area contributed by atoms with Gasteiger partial charge in [-0.2, -0.15) is 0 Å². The first-order valence-corrected chi connectivity index (χ1v) is 6.25. The monoisotopic (exact) mass is 264 g/mol. The maximum absolute atomic E-state index is 12.1. The van der Waals surface area contributed by atoms with Crippen LogP contribution in [0.5, 0.6) is 0 Å². The van der Waals surface area contributed by atoms with Gasteiger partial charge in [-0.1, -0.05) is 30.3 Å². The number of ketones is 1. The topological polar surface area (TPSA) is 62.8 Å². The van der Waals surface area contributed by atoms with E-state index in [9.17, 15) is 9.59 Å². The molecule has 0 saturated carbocycles. The number of aromatic nitrogens is 2. The predicted molar refractivity (Wildman–Crippen MR) is 77.8 cm³/mol. The fourth-order valence-electron chi connectivity index (χ4n) is 2.09. The summed E-state index contributed by atoms with van der Waals surface area (Å²) in [5.41, 5.74) is 1.70. The number of nitrogens with one attached hydrogen (secondary N) is 1. The molecule has 1 N–H and O–H groups in total. The molecule has 0 atom stereocenters. The molecule has 0 bridgehead atoms. The summed E-state index contributed by atoms with van der Waals surface area (Å²) in [5, 5.41) is 0.428. The molecule has 4 heteroatoms. The number of carbonyl (C=O) groups excluding carboxylic acids is 1. The highest BCUT2D eigenvalue weighted by atomic mass is 16.1. The average Bonchev–Trinajstić information content (AvgIpc) is 2.47. The summed E-state index contributed by atoms with van der Waals surface area (Å²) < 4.78 is 0. The molecule has 3 rings (SSSR count). The lowest BCUT2D eigenvalue weighted by atomic mass is 10.1. The third-order valence-electron chi connectivity index (χ3n) is 3.16. The molecule has 0 radical (unpaired) electrons. The van der Waals surface area contributed by atoms with Crippen LogP contribution in [0.2, 0.25) is 0 Å². The van der Waals surface area contributed by atoms with Gasteiger partial charge in [0.25, 0.3) is 5.56 Å². The molecule has 1 aromatic heterocycles. The van der Waals surface area contributed by atoms with E-state index in [2.05, 4.69) is 9.97 Å². The van der Waals surface area contributed by atoms with Crippen molar-refractivity contribution in [3.8, 4) is 11.4 Å². The fourth-order valence-corrected chi connectivity index (χ4v) is 2.09. The van der Waals surface area contributed by atoms with Crippen LogP contribution >= 0.6 is 0 Å². The number of aromatic amines is 1. The molecule has 3 aromatic rings. The smallest absolute Gasteiger partial charge is 0.259 e. The highest BCUT2D eigenvalue weighted by molar-refractivity contribution is 5.97. The molecule has 0 aliphatic carbocycles.